The molecule has 0 aliphatic carbocycles. The van der Waals surface area contributed by atoms with E-state index in [2.05, 4.69) is 10.3 Å². The van der Waals surface area contributed by atoms with Crippen molar-refractivity contribution >= 4 is 42.6 Å². The minimum Gasteiger partial charge on any atom is -0.301 e. The number of nitrogens with zero attached hydrogens (tertiary/aromatic N) is 2. The number of benzene rings is 1. The highest BCUT2D eigenvalue weighted by Gasteiger charge is 2.34. The normalized spacial score (nSPS) is 19.8. The summed E-state index contributed by atoms with van der Waals surface area (Å²) in [6.45, 7) is 0.339. The van der Waals surface area contributed by atoms with Crippen LogP contribution >= 0.6 is 11.3 Å². The molecule has 1 aliphatic heterocycles. The summed E-state index contributed by atoms with van der Waals surface area (Å²) in [6, 6.07) is 3.86. The maximum absolute atomic E-state index is 13.7. The van der Waals surface area contributed by atoms with Gasteiger partial charge in [-0.3, -0.25) is 4.79 Å². The standard InChI is InChI=1S/C14H16FN3O3S2/c1-23(20,21)18-8-3-2-6-10(18)13(19)17-14-16-12-9(15)5-4-7-11(12)22-14/h4-5,7,10H,2-3,6,8H2,1H3,(H,16,17,19). The van der Waals surface area contributed by atoms with Gasteiger partial charge in [-0.15, -0.1) is 0 Å². The van der Waals surface area contributed by atoms with Gasteiger partial charge in [-0.1, -0.05) is 23.8 Å². The summed E-state index contributed by atoms with van der Waals surface area (Å²) in [6.07, 6.45) is 3.10. The molecule has 1 saturated heterocycles. The van der Waals surface area contributed by atoms with Crippen LogP contribution in [0.4, 0.5) is 9.52 Å². The predicted octanol–water partition coefficient (Wildman–Crippen LogP) is 2.19. The lowest BCUT2D eigenvalue weighted by Crippen LogP contribution is -2.49. The molecule has 2 heterocycles. The van der Waals surface area contributed by atoms with E-state index in [9.17, 15) is 17.6 Å². The Bertz CT molecular complexity index is 850. The number of aromatic nitrogens is 1. The molecule has 9 heteroatoms. The zero-order chi connectivity index (χ0) is 16.6. The molecule has 3 rings (SSSR count). The van der Waals surface area contributed by atoms with Crippen molar-refractivity contribution in [3.63, 3.8) is 0 Å². The van der Waals surface area contributed by atoms with Gasteiger partial charge in [0.05, 0.1) is 11.0 Å². The number of sulfonamides is 1. The monoisotopic (exact) mass is 357 g/mol. The maximum Gasteiger partial charge on any atom is 0.244 e. The van der Waals surface area contributed by atoms with E-state index in [1.54, 1.807) is 12.1 Å². The van der Waals surface area contributed by atoms with Gasteiger partial charge >= 0.3 is 0 Å². The Kier molecular flexibility index (Phi) is 4.35. The Morgan fingerprint density at radius 1 is 1.43 bits per heavy atom. The summed E-state index contributed by atoms with van der Waals surface area (Å²) in [7, 11) is -3.45. The van der Waals surface area contributed by atoms with Crippen molar-refractivity contribution in [3.05, 3.63) is 24.0 Å². The van der Waals surface area contributed by atoms with Gasteiger partial charge in [0, 0.05) is 6.54 Å². The largest absolute Gasteiger partial charge is 0.301 e. The van der Waals surface area contributed by atoms with Crippen LogP contribution in [0.1, 0.15) is 19.3 Å². The van der Waals surface area contributed by atoms with Crippen molar-refractivity contribution < 1.29 is 17.6 Å². The first kappa shape index (κ1) is 16.3. The highest BCUT2D eigenvalue weighted by molar-refractivity contribution is 7.88. The number of anilines is 1. The van der Waals surface area contributed by atoms with Crippen molar-refractivity contribution in [3.8, 4) is 0 Å². The first-order chi connectivity index (χ1) is 10.9. The number of hydrogen-bond donors (Lipinski definition) is 1. The molecule has 0 spiro atoms. The molecule has 2 aromatic rings. The number of nitrogens with one attached hydrogen (secondary N) is 1. The summed E-state index contributed by atoms with van der Waals surface area (Å²) < 4.78 is 39.1. The van der Waals surface area contributed by atoms with Gasteiger partial charge in [-0.2, -0.15) is 4.31 Å². The number of halogens is 1. The molecule has 124 valence electrons. The third-order valence-corrected chi connectivity index (χ3v) is 6.01. The number of piperidine rings is 1. The maximum atomic E-state index is 13.7. The van der Waals surface area contributed by atoms with Gasteiger partial charge in [-0.25, -0.2) is 17.8 Å². The predicted molar refractivity (Wildman–Crippen MR) is 87.4 cm³/mol. The third-order valence-electron chi connectivity index (χ3n) is 3.78. The summed E-state index contributed by atoms with van der Waals surface area (Å²) in [5.74, 6) is -0.871. The molecule has 0 saturated carbocycles. The molecule has 0 bridgehead atoms. The van der Waals surface area contributed by atoms with Crippen LogP contribution in [0.2, 0.25) is 0 Å². The molecule has 0 radical (unpaired) electrons. The van der Waals surface area contributed by atoms with E-state index in [0.29, 0.717) is 17.7 Å². The molecule has 23 heavy (non-hydrogen) atoms. The smallest absolute Gasteiger partial charge is 0.244 e. The number of para-hydroxylation sites is 1. The second-order valence-corrected chi connectivity index (χ2v) is 8.45. The van der Waals surface area contributed by atoms with Crippen LogP contribution in [0.25, 0.3) is 10.2 Å². The molecule has 1 aliphatic rings. The average Bonchev–Trinajstić information content (AvgIpc) is 2.90. The van der Waals surface area contributed by atoms with Crippen molar-refractivity contribution in [2.24, 2.45) is 0 Å². The molecular weight excluding hydrogens is 341 g/mol. The molecule has 1 aromatic carbocycles. The zero-order valence-electron chi connectivity index (χ0n) is 12.5. The van der Waals surface area contributed by atoms with Crippen LogP contribution in [0.3, 0.4) is 0 Å². The second kappa shape index (κ2) is 6.14. The van der Waals surface area contributed by atoms with Crippen molar-refractivity contribution in [1.82, 2.24) is 9.29 Å². The minimum atomic E-state index is -3.45. The number of fused-ring (bicyclic) bond motifs is 1. The van der Waals surface area contributed by atoms with Crippen LogP contribution in [-0.2, 0) is 14.8 Å². The van der Waals surface area contributed by atoms with Crippen molar-refractivity contribution in [2.75, 3.05) is 18.1 Å². The first-order valence-corrected chi connectivity index (χ1v) is 9.85. The summed E-state index contributed by atoms with van der Waals surface area (Å²) in [5, 5.41) is 2.90. The summed E-state index contributed by atoms with van der Waals surface area (Å²) >= 11 is 1.16. The number of hydrogen-bond acceptors (Lipinski definition) is 5. The Morgan fingerprint density at radius 2 is 2.22 bits per heavy atom. The lowest BCUT2D eigenvalue weighted by atomic mass is 10.0. The Morgan fingerprint density at radius 3 is 2.91 bits per heavy atom. The topological polar surface area (TPSA) is 79.4 Å². The quantitative estimate of drug-likeness (QED) is 0.913. The molecular formula is C14H16FN3O3S2. The fourth-order valence-electron chi connectivity index (χ4n) is 2.72. The Hall–Kier alpha value is -1.58. The molecule has 1 amide bonds. The molecule has 1 fully saturated rings. The fourth-order valence-corrected chi connectivity index (χ4v) is 4.73. The second-order valence-electron chi connectivity index (χ2n) is 5.48. The van der Waals surface area contributed by atoms with E-state index >= 15 is 0 Å². The highest BCUT2D eigenvalue weighted by atomic mass is 32.2. The average molecular weight is 357 g/mol. The Balaban J connectivity index is 1.83. The van der Waals surface area contributed by atoms with Gasteiger partial charge in [0.2, 0.25) is 15.9 Å². The van der Waals surface area contributed by atoms with Crippen LogP contribution in [0.15, 0.2) is 18.2 Å². The highest BCUT2D eigenvalue weighted by Crippen LogP contribution is 2.28. The lowest BCUT2D eigenvalue weighted by Gasteiger charge is -2.32. The fraction of sp³-hybridized carbons (Fsp3) is 0.429. The molecule has 6 nitrogen and oxygen atoms in total. The van der Waals surface area contributed by atoms with Crippen LogP contribution in [0, 0.1) is 5.82 Å². The van der Waals surface area contributed by atoms with E-state index in [1.165, 1.54) is 10.4 Å². The SMILES string of the molecule is CS(=O)(=O)N1CCCCC1C(=O)Nc1nc2c(F)cccc2s1. The number of amides is 1. The molecule has 1 unspecified atom stereocenters. The number of carbonyl (C=O) groups is 1. The van der Waals surface area contributed by atoms with E-state index in [1.807, 2.05) is 0 Å². The third kappa shape index (κ3) is 3.36. The Labute approximate surface area is 137 Å². The first-order valence-electron chi connectivity index (χ1n) is 7.19. The molecule has 1 atom stereocenters. The van der Waals surface area contributed by atoms with E-state index in [4.69, 9.17) is 0 Å². The van der Waals surface area contributed by atoms with Gasteiger partial charge in [-0.05, 0) is 25.0 Å². The zero-order valence-corrected chi connectivity index (χ0v) is 14.1. The van der Waals surface area contributed by atoms with Crippen LogP contribution < -0.4 is 5.32 Å². The number of rotatable bonds is 3. The number of carbonyl (C=O) groups excluding carboxylic acids is 1. The van der Waals surface area contributed by atoms with Gasteiger partial charge in [0.1, 0.15) is 17.4 Å². The molecule has 1 aromatic heterocycles. The number of thiazole rings is 1. The summed E-state index contributed by atoms with van der Waals surface area (Å²) in [4.78, 5) is 16.5. The van der Waals surface area contributed by atoms with Crippen molar-refractivity contribution in [2.45, 2.75) is 25.3 Å². The lowest BCUT2D eigenvalue weighted by molar-refractivity contribution is -0.120. The minimum absolute atomic E-state index is 0.205. The molecule has 1 N–H and O–H groups in total. The van der Waals surface area contributed by atoms with Crippen LogP contribution in [0.5, 0.6) is 0 Å². The van der Waals surface area contributed by atoms with E-state index in [-0.39, 0.29) is 10.6 Å². The van der Waals surface area contributed by atoms with Gasteiger partial charge < -0.3 is 5.32 Å². The van der Waals surface area contributed by atoms with Crippen LogP contribution in [-0.4, -0.2) is 42.5 Å². The van der Waals surface area contributed by atoms with E-state index in [0.717, 1.165) is 30.4 Å². The van der Waals surface area contributed by atoms with Gasteiger partial charge in [0.25, 0.3) is 0 Å². The van der Waals surface area contributed by atoms with Gasteiger partial charge in [0.15, 0.2) is 5.13 Å². The van der Waals surface area contributed by atoms with Crippen molar-refractivity contribution in [1.29, 1.82) is 0 Å². The summed E-state index contributed by atoms with van der Waals surface area (Å²) in [5.41, 5.74) is 0.205. The van der Waals surface area contributed by atoms with E-state index < -0.39 is 27.8 Å².